The Bertz CT molecular complexity index is 366. The summed E-state index contributed by atoms with van der Waals surface area (Å²) in [5, 5.41) is 0. The van der Waals surface area contributed by atoms with E-state index in [2.05, 4.69) is 0 Å². The van der Waals surface area contributed by atoms with Crippen molar-refractivity contribution in [3.8, 4) is 5.75 Å². The van der Waals surface area contributed by atoms with E-state index >= 15 is 0 Å². The van der Waals surface area contributed by atoms with Crippen LogP contribution in [-0.4, -0.2) is 17.2 Å². The van der Waals surface area contributed by atoms with E-state index in [9.17, 15) is 9.18 Å². The first kappa shape index (κ1) is 12.3. The fourth-order valence-corrected chi connectivity index (χ4v) is 1.30. The fraction of sp³-hybridized carbons (Fsp3) is 0.300. The second-order valence-corrected chi connectivity index (χ2v) is 3.84. The second-order valence-electron chi connectivity index (χ2n) is 2.74. The minimum absolute atomic E-state index is 0.106. The number of alkyl halides is 2. The van der Waals surface area contributed by atoms with Crippen LogP contribution in [0.25, 0.3) is 0 Å². The molecule has 1 aromatic carbocycles. The normalized spacial score (nSPS) is 10.5. The number of benzene rings is 1. The molecule has 0 aliphatic carbocycles. The number of ether oxygens (including phenoxy) is 1. The number of Topliss-reactive ketones (excluding diaryl/α,β-unsaturated/α-hetero) is 1. The number of carbonyl (C=O) groups excluding carboxylic acids is 1. The highest BCUT2D eigenvalue weighted by Crippen LogP contribution is 2.20. The molecule has 0 aromatic heterocycles. The molecule has 0 heterocycles. The summed E-state index contributed by atoms with van der Waals surface area (Å²) in [4.78, 5) is 10.1. The molecule has 0 unspecified atom stereocenters. The Kier molecular flexibility index (Phi) is 4.36. The van der Waals surface area contributed by atoms with Gasteiger partial charge in [0.25, 0.3) is 0 Å². The molecule has 0 N–H and O–H groups in total. The standard InChI is InChI=1S/C10H9Cl2FO2/c1-2-15-8-4-3-6(5-7(8)13)9(14)10(11)12/h3-5,10H,2H2,1H3. The van der Waals surface area contributed by atoms with E-state index in [1.807, 2.05) is 0 Å². The molecule has 0 fully saturated rings. The number of rotatable bonds is 4. The molecule has 0 bridgehead atoms. The molecule has 5 heteroatoms. The Morgan fingerprint density at radius 2 is 2.20 bits per heavy atom. The summed E-state index contributed by atoms with van der Waals surface area (Å²) in [7, 11) is 0. The molecule has 0 amide bonds. The molecule has 1 rings (SSSR count). The van der Waals surface area contributed by atoms with E-state index in [1.165, 1.54) is 12.1 Å². The lowest BCUT2D eigenvalue weighted by Gasteiger charge is -2.06. The lowest BCUT2D eigenvalue weighted by atomic mass is 10.1. The van der Waals surface area contributed by atoms with Crippen molar-refractivity contribution in [3.05, 3.63) is 29.6 Å². The first-order chi connectivity index (χ1) is 7.06. The molecule has 0 saturated heterocycles. The zero-order valence-electron chi connectivity index (χ0n) is 7.97. The smallest absolute Gasteiger partial charge is 0.195 e. The third-order valence-electron chi connectivity index (χ3n) is 1.71. The zero-order chi connectivity index (χ0) is 11.4. The molecule has 82 valence electrons. The van der Waals surface area contributed by atoms with Gasteiger partial charge in [-0.3, -0.25) is 4.79 Å². The van der Waals surface area contributed by atoms with Gasteiger partial charge in [-0.05, 0) is 25.1 Å². The molecule has 2 nitrogen and oxygen atoms in total. The molecular formula is C10H9Cl2FO2. The van der Waals surface area contributed by atoms with E-state index in [4.69, 9.17) is 27.9 Å². The summed E-state index contributed by atoms with van der Waals surface area (Å²) in [6.07, 6.45) is 0. The molecule has 15 heavy (non-hydrogen) atoms. The van der Waals surface area contributed by atoms with Crippen molar-refractivity contribution in [2.75, 3.05) is 6.61 Å². The van der Waals surface area contributed by atoms with Crippen molar-refractivity contribution < 1.29 is 13.9 Å². The Hall–Kier alpha value is -0.800. The van der Waals surface area contributed by atoms with Gasteiger partial charge in [0.15, 0.2) is 22.2 Å². The average Bonchev–Trinajstić information content (AvgIpc) is 2.20. The molecule has 0 saturated carbocycles. The van der Waals surface area contributed by atoms with Gasteiger partial charge in [-0.25, -0.2) is 4.39 Å². The molecule has 0 radical (unpaired) electrons. The van der Waals surface area contributed by atoms with Gasteiger partial charge in [0, 0.05) is 5.56 Å². The van der Waals surface area contributed by atoms with Gasteiger partial charge in [0.1, 0.15) is 0 Å². The van der Waals surface area contributed by atoms with E-state index in [0.29, 0.717) is 6.61 Å². The maximum Gasteiger partial charge on any atom is 0.195 e. The summed E-state index contributed by atoms with van der Waals surface area (Å²) in [6.45, 7) is 2.10. The topological polar surface area (TPSA) is 26.3 Å². The maximum absolute atomic E-state index is 13.3. The largest absolute Gasteiger partial charge is 0.491 e. The first-order valence-electron chi connectivity index (χ1n) is 4.31. The van der Waals surface area contributed by atoms with Crippen LogP contribution in [0, 0.1) is 5.82 Å². The molecule has 1 aromatic rings. The van der Waals surface area contributed by atoms with Crippen LogP contribution in [0.3, 0.4) is 0 Å². The number of ketones is 1. The van der Waals surface area contributed by atoms with Crippen molar-refractivity contribution in [1.29, 1.82) is 0 Å². The fourth-order valence-electron chi connectivity index (χ4n) is 1.05. The summed E-state index contributed by atoms with van der Waals surface area (Å²) in [6, 6.07) is 3.86. The van der Waals surface area contributed by atoms with Crippen molar-refractivity contribution in [2.45, 2.75) is 11.8 Å². The highest BCUT2D eigenvalue weighted by molar-refractivity contribution is 6.55. The lowest BCUT2D eigenvalue weighted by Crippen LogP contribution is -2.08. The van der Waals surface area contributed by atoms with Crippen molar-refractivity contribution in [1.82, 2.24) is 0 Å². The Morgan fingerprint density at radius 3 is 2.67 bits per heavy atom. The van der Waals surface area contributed by atoms with Crippen LogP contribution in [0.2, 0.25) is 0 Å². The predicted octanol–water partition coefficient (Wildman–Crippen LogP) is 3.21. The van der Waals surface area contributed by atoms with Crippen LogP contribution in [0.15, 0.2) is 18.2 Å². The molecule has 0 spiro atoms. The van der Waals surface area contributed by atoms with Gasteiger partial charge in [-0.2, -0.15) is 0 Å². The van der Waals surface area contributed by atoms with Crippen LogP contribution < -0.4 is 4.74 Å². The number of carbonyl (C=O) groups is 1. The predicted molar refractivity (Wildman–Crippen MR) is 57.4 cm³/mol. The van der Waals surface area contributed by atoms with Gasteiger partial charge < -0.3 is 4.74 Å². The molecular weight excluding hydrogens is 242 g/mol. The Balaban J connectivity index is 2.96. The van der Waals surface area contributed by atoms with E-state index in [1.54, 1.807) is 6.92 Å². The molecule has 0 atom stereocenters. The van der Waals surface area contributed by atoms with Crippen LogP contribution in [0.5, 0.6) is 5.75 Å². The average molecular weight is 251 g/mol. The van der Waals surface area contributed by atoms with Gasteiger partial charge in [-0.15, -0.1) is 0 Å². The van der Waals surface area contributed by atoms with Crippen molar-refractivity contribution in [3.63, 3.8) is 0 Å². The SMILES string of the molecule is CCOc1ccc(C(=O)C(Cl)Cl)cc1F. The third-order valence-corrected chi connectivity index (χ3v) is 2.11. The van der Waals surface area contributed by atoms with Crippen LogP contribution in [0.1, 0.15) is 17.3 Å². The quantitative estimate of drug-likeness (QED) is 0.606. The van der Waals surface area contributed by atoms with E-state index in [0.717, 1.165) is 6.07 Å². The van der Waals surface area contributed by atoms with Gasteiger partial charge in [0.05, 0.1) is 6.61 Å². The second kappa shape index (κ2) is 5.33. The minimum Gasteiger partial charge on any atom is -0.491 e. The highest BCUT2D eigenvalue weighted by atomic mass is 35.5. The number of hydrogen-bond donors (Lipinski definition) is 0. The van der Waals surface area contributed by atoms with Gasteiger partial charge in [0.2, 0.25) is 0 Å². The third kappa shape index (κ3) is 3.08. The van der Waals surface area contributed by atoms with Crippen molar-refractivity contribution >= 4 is 29.0 Å². The number of halogens is 3. The van der Waals surface area contributed by atoms with Crippen molar-refractivity contribution in [2.24, 2.45) is 0 Å². The lowest BCUT2D eigenvalue weighted by molar-refractivity contribution is 0.101. The van der Waals surface area contributed by atoms with Crippen LogP contribution in [-0.2, 0) is 0 Å². The summed E-state index contributed by atoms with van der Waals surface area (Å²) >= 11 is 10.8. The molecule has 0 aliphatic heterocycles. The van der Waals surface area contributed by atoms with E-state index in [-0.39, 0.29) is 11.3 Å². The summed E-state index contributed by atoms with van der Waals surface area (Å²) in [5.41, 5.74) is 0.131. The Morgan fingerprint density at radius 1 is 1.53 bits per heavy atom. The highest BCUT2D eigenvalue weighted by Gasteiger charge is 2.16. The van der Waals surface area contributed by atoms with Gasteiger partial charge >= 0.3 is 0 Å². The maximum atomic E-state index is 13.3. The first-order valence-corrected chi connectivity index (χ1v) is 5.18. The zero-order valence-corrected chi connectivity index (χ0v) is 9.48. The minimum atomic E-state index is -1.18. The van der Waals surface area contributed by atoms with Gasteiger partial charge in [-0.1, -0.05) is 23.2 Å². The Labute approximate surface area is 96.9 Å². The van der Waals surface area contributed by atoms with E-state index < -0.39 is 16.4 Å². The van der Waals surface area contributed by atoms with Crippen LogP contribution >= 0.6 is 23.2 Å². The summed E-state index contributed by atoms with van der Waals surface area (Å²) in [5.74, 6) is -1.02. The summed E-state index contributed by atoms with van der Waals surface area (Å²) < 4.78 is 18.3. The molecule has 0 aliphatic rings. The van der Waals surface area contributed by atoms with Crippen LogP contribution in [0.4, 0.5) is 4.39 Å². The number of hydrogen-bond acceptors (Lipinski definition) is 2. The monoisotopic (exact) mass is 250 g/mol.